The van der Waals surface area contributed by atoms with Crippen LogP contribution in [-0.2, 0) is 16.6 Å². The number of nitrogens with zero attached hydrogens (tertiary/aromatic N) is 1. The molecule has 0 aliphatic heterocycles. The van der Waals surface area contributed by atoms with Crippen LogP contribution in [-0.4, -0.2) is 15.5 Å². The molecule has 0 N–H and O–H groups in total. The van der Waals surface area contributed by atoms with Crippen molar-refractivity contribution in [2.24, 2.45) is 0 Å². The van der Waals surface area contributed by atoms with Crippen LogP contribution in [0, 0.1) is 11.6 Å². The van der Waals surface area contributed by atoms with Gasteiger partial charge in [0.2, 0.25) is 0 Å². The molecule has 0 aliphatic carbocycles. The Balaban J connectivity index is 2.09. The summed E-state index contributed by atoms with van der Waals surface area (Å²) < 4.78 is 60.9. The van der Waals surface area contributed by atoms with Crippen molar-refractivity contribution in [3.8, 4) is 5.75 Å². The summed E-state index contributed by atoms with van der Waals surface area (Å²) in [5.74, 6) is -1.03. The van der Waals surface area contributed by atoms with Gasteiger partial charge in [0, 0.05) is 16.1 Å². The third-order valence-corrected chi connectivity index (χ3v) is 6.35. The summed E-state index contributed by atoms with van der Waals surface area (Å²) in [6, 6.07) is 15.6. The van der Waals surface area contributed by atoms with Crippen molar-refractivity contribution in [1.82, 2.24) is 0 Å². The Bertz CT molecular complexity index is 1090. The highest BCUT2D eigenvalue weighted by molar-refractivity contribution is 9.10. The molecule has 146 valence electrons. The number of sulfonamides is 1. The van der Waals surface area contributed by atoms with Gasteiger partial charge in [-0.2, -0.15) is 0 Å². The third kappa shape index (κ3) is 4.34. The van der Waals surface area contributed by atoms with Gasteiger partial charge in [-0.3, -0.25) is 4.31 Å². The van der Waals surface area contributed by atoms with E-state index in [0.29, 0.717) is 15.9 Å². The number of benzene rings is 3. The lowest BCUT2D eigenvalue weighted by molar-refractivity contribution is 0.414. The highest BCUT2D eigenvalue weighted by Crippen LogP contribution is 2.29. The summed E-state index contributed by atoms with van der Waals surface area (Å²) in [5.41, 5.74) is 0.396. The minimum atomic E-state index is -4.02. The zero-order chi connectivity index (χ0) is 20.3. The molecule has 0 saturated heterocycles. The summed E-state index contributed by atoms with van der Waals surface area (Å²) >= 11 is 3.32. The Kier molecular flexibility index (Phi) is 6.00. The van der Waals surface area contributed by atoms with Crippen LogP contribution in [0.3, 0.4) is 0 Å². The molecule has 28 heavy (non-hydrogen) atoms. The van der Waals surface area contributed by atoms with Crippen LogP contribution in [0.4, 0.5) is 14.5 Å². The summed E-state index contributed by atoms with van der Waals surface area (Å²) in [4.78, 5) is 0.0239. The van der Waals surface area contributed by atoms with Gasteiger partial charge in [0.1, 0.15) is 17.4 Å². The maximum Gasteiger partial charge on any atom is 0.264 e. The second-order valence-corrected chi connectivity index (χ2v) is 8.68. The standard InChI is InChI=1S/C20H16BrF2NO3S/c1-27-18-7-9-19(10-8-18)28(25,26)24(17-4-2-3-15(21)11-17)13-14-5-6-16(22)12-20(14)23/h2-12H,13H2,1H3. The van der Waals surface area contributed by atoms with E-state index in [1.807, 2.05) is 0 Å². The molecule has 8 heteroatoms. The van der Waals surface area contributed by atoms with Crippen LogP contribution in [0.5, 0.6) is 5.75 Å². The van der Waals surface area contributed by atoms with Crippen molar-refractivity contribution in [1.29, 1.82) is 0 Å². The normalized spacial score (nSPS) is 11.3. The number of anilines is 1. The van der Waals surface area contributed by atoms with Crippen LogP contribution in [0.1, 0.15) is 5.56 Å². The molecule has 0 amide bonds. The van der Waals surface area contributed by atoms with Crippen molar-refractivity contribution < 1.29 is 21.9 Å². The third-order valence-electron chi connectivity index (χ3n) is 4.07. The van der Waals surface area contributed by atoms with Crippen molar-refractivity contribution in [2.75, 3.05) is 11.4 Å². The summed E-state index contributed by atoms with van der Waals surface area (Å²) in [5, 5.41) is 0. The van der Waals surface area contributed by atoms with Gasteiger partial charge < -0.3 is 4.74 Å². The van der Waals surface area contributed by atoms with E-state index < -0.39 is 21.7 Å². The monoisotopic (exact) mass is 467 g/mol. The Hall–Kier alpha value is -2.45. The van der Waals surface area contributed by atoms with Gasteiger partial charge in [-0.1, -0.05) is 28.1 Å². The van der Waals surface area contributed by atoms with E-state index in [1.54, 1.807) is 24.3 Å². The van der Waals surface area contributed by atoms with Crippen molar-refractivity contribution in [3.63, 3.8) is 0 Å². The lowest BCUT2D eigenvalue weighted by Gasteiger charge is -2.25. The zero-order valence-electron chi connectivity index (χ0n) is 14.8. The number of ether oxygens (including phenoxy) is 1. The molecule has 0 radical (unpaired) electrons. The topological polar surface area (TPSA) is 46.6 Å². The fourth-order valence-corrected chi connectivity index (χ4v) is 4.45. The van der Waals surface area contributed by atoms with E-state index in [1.165, 1.54) is 37.4 Å². The van der Waals surface area contributed by atoms with Gasteiger partial charge in [-0.15, -0.1) is 0 Å². The predicted octanol–water partition coefficient (Wildman–Crippen LogP) is 5.13. The minimum absolute atomic E-state index is 0.0239. The molecule has 0 unspecified atom stereocenters. The van der Waals surface area contributed by atoms with Gasteiger partial charge in [0.05, 0.1) is 24.2 Å². The Morgan fingerprint density at radius 1 is 1.00 bits per heavy atom. The van der Waals surface area contributed by atoms with Crippen LogP contribution in [0.25, 0.3) is 0 Å². The molecule has 0 heterocycles. The smallest absolute Gasteiger partial charge is 0.264 e. The minimum Gasteiger partial charge on any atom is -0.497 e. The molecule has 0 aromatic heterocycles. The first-order valence-electron chi connectivity index (χ1n) is 8.17. The fourth-order valence-electron chi connectivity index (χ4n) is 2.63. The zero-order valence-corrected chi connectivity index (χ0v) is 17.2. The molecular weight excluding hydrogens is 452 g/mol. The Morgan fingerprint density at radius 2 is 1.71 bits per heavy atom. The first-order valence-corrected chi connectivity index (χ1v) is 10.4. The largest absolute Gasteiger partial charge is 0.497 e. The molecule has 4 nitrogen and oxygen atoms in total. The second kappa shape index (κ2) is 8.28. The first kappa shape index (κ1) is 20.3. The van der Waals surface area contributed by atoms with Gasteiger partial charge in [0.15, 0.2) is 0 Å². The van der Waals surface area contributed by atoms with Gasteiger partial charge in [-0.05, 0) is 48.5 Å². The molecule has 3 rings (SSSR count). The number of rotatable bonds is 6. The number of halogens is 3. The number of hydrogen-bond acceptors (Lipinski definition) is 3. The highest BCUT2D eigenvalue weighted by atomic mass is 79.9. The second-order valence-electron chi connectivity index (χ2n) is 5.90. The van der Waals surface area contributed by atoms with Gasteiger partial charge in [-0.25, -0.2) is 17.2 Å². The highest BCUT2D eigenvalue weighted by Gasteiger charge is 2.26. The molecule has 3 aromatic rings. The van der Waals surface area contributed by atoms with Crippen LogP contribution >= 0.6 is 15.9 Å². The Morgan fingerprint density at radius 3 is 2.32 bits per heavy atom. The van der Waals surface area contributed by atoms with Crippen LogP contribution < -0.4 is 9.04 Å². The molecule has 0 atom stereocenters. The quantitative estimate of drug-likeness (QED) is 0.504. The average Bonchev–Trinajstić information content (AvgIpc) is 2.67. The fraction of sp³-hybridized carbons (Fsp3) is 0.100. The Labute approximate surface area is 170 Å². The molecule has 0 spiro atoms. The molecule has 0 fully saturated rings. The molecule has 0 saturated carbocycles. The van der Waals surface area contributed by atoms with E-state index in [2.05, 4.69) is 15.9 Å². The maximum absolute atomic E-state index is 14.2. The molecule has 0 aliphatic rings. The summed E-state index contributed by atoms with van der Waals surface area (Å²) in [6.07, 6.45) is 0. The van der Waals surface area contributed by atoms with Gasteiger partial charge in [0.25, 0.3) is 10.0 Å². The number of methoxy groups -OCH3 is 1. The van der Waals surface area contributed by atoms with E-state index in [-0.39, 0.29) is 17.0 Å². The summed E-state index contributed by atoms with van der Waals surface area (Å²) in [7, 11) is -2.54. The lowest BCUT2D eigenvalue weighted by Crippen LogP contribution is -2.31. The SMILES string of the molecule is COc1ccc(S(=O)(=O)N(Cc2ccc(F)cc2F)c2cccc(Br)c2)cc1. The van der Waals surface area contributed by atoms with E-state index in [9.17, 15) is 17.2 Å². The summed E-state index contributed by atoms with van der Waals surface area (Å²) in [6.45, 7) is -0.295. The molecular formula is C20H16BrF2NO3S. The van der Waals surface area contributed by atoms with Crippen LogP contribution in [0.15, 0.2) is 76.1 Å². The van der Waals surface area contributed by atoms with E-state index in [4.69, 9.17) is 4.74 Å². The van der Waals surface area contributed by atoms with Crippen molar-refractivity contribution in [3.05, 3.63) is 88.4 Å². The van der Waals surface area contributed by atoms with Crippen LogP contribution in [0.2, 0.25) is 0 Å². The number of hydrogen-bond donors (Lipinski definition) is 0. The molecule has 3 aromatic carbocycles. The predicted molar refractivity (Wildman–Crippen MR) is 107 cm³/mol. The lowest BCUT2D eigenvalue weighted by atomic mass is 10.2. The maximum atomic E-state index is 14.2. The van der Waals surface area contributed by atoms with E-state index >= 15 is 0 Å². The average molecular weight is 468 g/mol. The first-order chi connectivity index (χ1) is 13.3. The molecule has 0 bridgehead atoms. The van der Waals surface area contributed by atoms with Crippen molar-refractivity contribution in [2.45, 2.75) is 11.4 Å². The van der Waals surface area contributed by atoms with Gasteiger partial charge >= 0.3 is 0 Å². The van der Waals surface area contributed by atoms with E-state index in [0.717, 1.165) is 16.4 Å². The van der Waals surface area contributed by atoms with Crippen molar-refractivity contribution >= 4 is 31.6 Å².